The predicted molar refractivity (Wildman–Crippen MR) is 112 cm³/mol. The Bertz CT molecular complexity index is 844. The third-order valence-corrected chi connectivity index (χ3v) is 6.17. The number of rotatable bonds is 6. The second kappa shape index (κ2) is 7.91. The molecule has 29 heavy (non-hydrogen) atoms. The van der Waals surface area contributed by atoms with Crippen LogP contribution in [-0.4, -0.2) is 55.0 Å². The average Bonchev–Trinajstić information content (AvgIpc) is 3.16. The van der Waals surface area contributed by atoms with E-state index >= 15 is 0 Å². The Labute approximate surface area is 172 Å². The molecule has 2 aromatic rings. The number of benzene rings is 1. The van der Waals surface area contributed by atoms with Crippen molar-refractivity contribution in [1.29, 1.82) is 0 Å². The van der Waals surface area contributed by atoms with Gasteiger partial charge < -0.3 is 23.5 Å². The van der Waals surface area contributed by atoms with Crippen molar-refractivity contribution in [3.8, 4) is 5.75 Å². The van der Waals surface area contributed by atoms with E-state index in [1.165, 1.54) is 0 Å². The Hall–Kier alpha value is -1.61. The molecule has 2 aliphatic rings. The smallest absolute Gasteiger partial charge is 0.491 e. The highest BCUT2D eigenvalue weighted by molar-refractivity contribution is 6.64. The third-order valence-electron chi connectivity index (χ3n) is 6.17. The minimum atomic E-state index is -0.540. The van der Waals surface area contributed by atoms with Crippen LogP contribution in [0.5, 0.6) is 5.75 Å². The van der Waals surface area contributed by atoms with Gasteiger partial charge in [-0.1, -0.05) is 0 Å². The average molecular weight is 402 g/mol. The van der Waals surface area contributed by atoms with Gasteiger partial charge in [0.25, 0.3) is 0 Å². The second-order valence-corrected chi connectivity index (χ2v) is 8.76. The first kappa shape index (κ1) is 20.7. The molecule has 0 amide bonds. The molecule has 2 aliphatic heterocycles. The van der Waals surface area contributed by atoms with Crippen LogP contribution in [0.1, 0.15) is 53.2 Å². The SMILES string of the molecule is COCCOc1ccc2c(c1)c(B1OC(C)(C)C(C)(C)O1)nn2C1CCCCO1. The van der Waals surface area contributed by atoms with Crippen molar-refractivity contribution in [3.05, 3.63) is 18.2 Å². The van der Waals surface area contributed by atoms with Crippen LogP contribution in [0.3, 0.4) is 0 Å². The number of methoxy groups -OCH3 is 1. The van der Waals surface area contributed by atoms with E-state index in [0.717, 1.165) is 48.1 Å². The number of hydrogen-bond donors (Lipinski definition) is 0. The van der Waals surface area contributed by atoms with Gasteiger partial charge in [0, 0.05) is 19.1 Å². The van der Waals surface area contributed by atoms with Gasteiger partial charge in [0.2, 0.25) is 0 Å². The second-order valence-electron chi connectivity index (χ2n) is 8.76. The van der Waals surface area contributed by atoms with Crippen molar-refractivity contribution in [2.75, 3.05) is 26.9 Å². The maximum atomic E-state index is 6.30. The van der Waals surface area contributed by atoms with Gasteiger partial charge in [0.15, 0.2) is 6.23 Å². The van der Waals surface area contributed by atoms with Crippen molar-refractivity contribution in [2.24, 2.45) is 0 Å². The van der Waals surface area contributed by atoms with Gasteiger partial charge >= 0.3 is 7.12 Å². The summed E-state index contributed by atoms with van der Waals surface area (Å²) in [5.41, 5.74) is 0.911. The number of hydrogen-bond acceptors (Lipinski definition) is 6. The van der Waals surface area contributed by atoms with E-state index in [2.05, 4.69) is 27.7 Å². The lowest BCUT2D eigenvalue weighted by atomic mass is 9.82. The molecule has 1 aromatic carbocycles. The van der Waals surface area contributed by atoms with Crippen LogP contribution in [0, 0.1) is 0 Å². The zero-order chi connectivity index (χ0) is 20.6. The van der Waals surface area contributed by atoms with Crippen LogP contribution in [0.2, 0.25) is 0 Å². The number of nitrogens with zero attached hydrogens (tertiary/aromatic N) is 2. The van der Waals surface area contributed by atoms with Crippen LogP contribution in [0.25, 0.3) is 10.9 Å². The largest absolute Gasteiger partial charge is 0.517 e. The Morgan fingerprint density at radius 3 is 2.55 bits per heavy atom. The van der Waals surface area contributed by atoms with Crippen LogP contribution in [0.15, 0.2) is 18.2 Å². The van der Waals surface area contributed by atoms with E-state index in [1.54, 1.807) is 7.11 Å². The maximum Gasteiger partial charge on any atom is 0.517 e. The summed E-state index contributed by atoms with van der Waals surface area (Å²) in [6.45, 7) is 10.00. The maximum absolute atomic E-state index is 6.30. The normalized spacial score (nSPS) is 23.6. The Balaban J connectivity index is 1.74. The predicted octanol–water partition coefficient (Wildman–Crippen LogP) is 3.06. The first-order valence-electron chi connectivity index (χ1n) is 10.4. The molecule has 0 saturated carbocycles. The molecule has 0 aliphatic carbocycles. The minimum Gasteiger partial charge on any atom is -0.491 e. The molecule has 1 aromatic heterocycles. The standard InChI is InChI=1S/C21H31BN2O5/c1-20(2)21(3,4)29-22(28-20)19-16-14-15(26-13-12-25-5)9-10-17(16)24(23-19)18-8-6-7-11-27-18/h9-10,14,18H,6-8,11-13H2,1-5H3. The summed E-state index contributed by atoms with van der Waals surface area (Å²) < 4.78 is 31.5. The molecule has 0 spiro atoms. The number of ether oxygens (including phenoxy) is 3. The van der Waals surface area contributed by atoms with Gasteiger partial charge in [-0.25, -0.2) is 4.68 Å². The summed E-state index contributed by atoms with van der Waals surface area (Å²) in [5.74, 6) is 0.774. The highest BCUT2D eigenvalue weighted by atomic mass is 16.7. The summed E-state index contributed by atoms with van der Waals surface area (Å²) in [6, 6.07) is 6.02. The van der Waals surface area contributed by atoms with E-state index in [9.17, 15) is 0 Å². The van der Waals surface area contributed by atoms with Crippen molar-refractivity contribution < 1.29 is 23.5 Å². The molecule has 1 atom stereocenters. The molecular formula is C21H31BN2O5. The zero-order valence-electron chi connectivity index (χ0n) is 18.1. The van der Waals surface area contributed by atoms with Crippen LogP contribution in [0.4, 0.5) is 0 Å². The molecule has 0 N–H and O–H groups in total. The lowest BCUT2D eigenvalue weighted by Crippen LogP contribution is -2.41. The van der Waals surface area contributed by atoms with Crippen LogP contribution < -0.4 is 10.3 Å². The monoisotopic (exact) mass is 402 g/mol. The summed E-state index contributed by atoms with van der Waals surface area (Å²) >= 11 is 0. The molecule has 1 unspecified atom stereocenters. The summed E-state index contributed by atoms with van der Waals surface area (Å²) in [6.07, 6.45) is 3.11. The summed E-state index contributed by atoms with van der Waals surface area (Å²) in [7, 11) is 1.12. The number of fused-ring (bicyclic) bond motifs is 1. The fourth-order valence-corrected chi connectivity index (χ4v) is 3.74. The highest BCUT2D eigenvalue weighted by Crippen LogP contribution is 2.37. The van der Waals surface area contributed by atoms with Crippen molar-refractivity contribution in [2.45, 2.75) is 64.4 Å². The third kappa shape index (κ3) is 3.91. The fraction of sp³-hybridized carbons (Fsp3) is 0.667. The molecule has 158 valence electrons. The number of aromatic nitrogens is 2. The zero-order valence-corrected chi connectivity index (χ0v) is 18.1. The van der Waals surface area contributed by atoms with Gasteiger partial charge in [-0.2, -0.15) is 5.10 Å². The van der Waals surface area contributed by atoms with E-state index in [0.29, 0.717) is 13.2 Å². The lowest BCUT2D eigenvalue weighted by molar-refractivity contribution is -0.0364. The van der Waals surface area contributed by atoms with Gasteiger partial charge in [-0.05, 0) is 65.2 Å². The Kier molecular flexibility index (Phi) is 5.63. The van der Waals surface area contributed by atoms with Crippen LogP contribution in [-0.2, 0) is 18.8 Å². The van der Waals surface area contributed by atoms with E-state index in [-0.39, 0.29) is 6.23 Å². The first-order chi connectivity index (χ1) is 13.8. The lowest BCUT2D eigenvalue weighted by Gasteiger charge is -2.32. The Morgan fingerprint density at radius 1 is 1.14 bits per heavy atom. The molecule has 7 nitrogen and oxygen atoms in total. The van der Waals surface area contributed by atoms with E-state index in [1.807, 2.05) is 22.9 Å². The van der Waals surface area contributed by atoms with Crippen LogP contribution >= 0.6 is 0 Å². The topological polar surface area (TPSA) is 64.0 Å². The molecule has 4 rings (SSSR count). The summed E-state index contributed by atoms with van der Waals surface area (Å²) in [5, 5.41) is 5.89. The summed E-state index contributed by atoms with van der Waals surface area (Å²) in [4.78, 5) is 0. The molecule has 8 heteroatoms. The Morgan fingerprint density at radius 2 is 1.90 bits per heavy atom. The van der Waals surface area contributed by atoms with Gasteiger partial charge in [0.1, 0.15) is 17.9 Å². The van der Waals surface area contributed by atoms with Gasteiger partial charge in [-0.15, -0.1) is 0 Å². The quantitative estimate of drug-likeness (QED) is 0.547. The van der Waals surface area contributed by atoms with E-state index < -0.39 is 18.3 Å². The molecular weight excluding hydrogens is 371 g/mol. The van der Waals surface area contributed by atoms with Gasteiger partial charge in [-0.3, -0.25) is 0 Å². The van der Waals surface area contributed by atoms with Crippen molar-refractivity contribution in [3.63, 3.8) is 0 Å². The molecule has 0 bridgehead atoms. The first-order valence-corrected chi connectivity index (χ1v) is 10.4. The van der Waals surface area contributed by atoms with Gasteiger partial charge in [0.05, 0.1) is 23.3 Å². The molecule has 3 heterocycles. The van der Waals surface area contributed by atoms with E-state index in [4.69, 9.17) is 28.6 Å². The molecule has 2 saturated heterocycles. The van der Waals surface area contributed by atoms with Crippen molar-refractivity contribution in [1.82, 2.24) is 9.78 Å². The minimum absolute atomic E-state index is 0.0670. The molecule has 0 radical (unpaired) electrons. The fourth-order valence-electron chi connectivity index (χ4n) is 3.74. The highest BCUT2D eigenvalue weighted by Gasteiger charge is 2.53. The molecule has 2 fully saturated rings. The van der Waals surface area contributed by atoms with Crippen molar-refractivity contribution >= 4 is 23.6 Å².